The Hall–Kier alpha value is -3.55. The first kappa shape index (κ1) is 19.4. The smallest absolute Gasteiger partial charge is 0.313 e. The first-order valence-corrected chi connectivity index (χ1v) is 10.5. The molecule has 0 unspecified atom stereocenters. The van der Waals surface area contributed by atoms with E-state index < -0.39 is 11.8 Å². The van der Waals surface area contributed by atoms with Crippen LogP contribution in [0.3, 0.4) is 0 Å². The summed E-state index contributed by atoms with van der Waals surface area (Å²) in [6.45, 7) is 1.11. The zero-order chi connectivity index (χ0) is 21.4. The van der Waals surface area contributed by atoms with Crippen molar-refractivity contribution in [3.8, 4) is 11.5 Å². The van der Waals surface area contributed by atoms with Gasteiger partial charge < -0.3 is 25.0 Å². The zero-order valence-corrected chi connectivity index (χ0v) is 17.0. The Labute approximate surface area is 179 Å². The summed E-state index contributed by atoms with van der Waals surface area (Å²) in [6.07, 6.45) is 3.67. The normalized spacial score (nSPS) is 16.5. The van der Waals surface area contributed by atoms with Crippen molar-refractivity contribution in [1.29, 1.82) is 0 Å². The third-order valence-electron chi connectivity index (χ3n) is 5.74. The Morgan fingerprint density at radius 3 is 2.68 bits per heavy atom. The van der Waals surface area contributed by atoms with E-state index in [-0.39, 0.29) is 25.2 Å². The molecular formula is C23H23N3O5. The standard InChI is InChI=1S/C23H23N3O5/c27-21(24-12-14-3-8-19-20(10-14)31-13-30-19)22(28)25-17-6-7-18-16(11-17)2-1-9-26(18)23(29)15-4-5-15/h3,6-8,10-11,15H,1-2,4-5,9,12-13H2,(H,24,27)(H,25,28). The summed E-state index contributed by atoms with van der Waals surface area (Å²) in [7, 11) is 0. The number of hydrogen-bond donors (Lipinski definition) is 2. The van der Waals surface area contributed by atoms with E-state index in [0.717, 1.165) is 49.0 Å². The summed E-state index contributed by atoms with van der Waals surface area (Å²) in [5, 5.41) is 5.26. The largest absolute Gasteiger partial charge is 0.454 e. The molecule has 0 atom stereocenters. The van der Waals surface area contributed by atoms with E-state index >= 15 is 0 Å². The second kappa shape index (κ2) is 7.94. The van der Waals surface area contributed by atoms with Gasteiger partial charge in [0.15, 0.2) is 11.5 Å². The lowest BCUT2D eigenvalue weighted by atomic mass is 10.0. The maximum atomic E-state index is 12.5. The lowest BCUT2D eigenvalue weighted by Gasteiger charge is -2.30. The quantitative estimate of drug-likeness (QED) is 0.739. The summed E-state index contributed by atoms with van der Waals surface area (Å²) in [5.41, 5.74) is 3.27. The lowest BCUT2D eigenvalue weighted by Crippen LogP contribution is -2.37. The minimum atomic E-state index is -0.734. The van der Waals surface area contributed by atoms with Crippen molar-refractivity contribution in [2.75, 3.05) is 23.6 Å². The van der Waals surface area contributed by atoms with Crippen LogP contribution in [0.5, 0.6) is 11.5 Å². The van der Waals surface area contributed by atoms with E-state index in [2.05, 4.69) is 10.6 Å². The average molecular weight is 421 g/mol. The fraction of sp³-hybridized carbons (Fsp3) is 0.348. The van der Waals surface area contributed by atoms with Crippen LogP contribution in [-0.2, 0) is 27.3 Å². The Morgan fingerprint density at radius 1 is 1.00 bits per heavy atom. The predicted molar refractivity (Wildman–Crippen MR) is 113 cm³/mol. The molecule has 1 saturated carbocycles. The maximum absolute atomic E-state index is 12.5. The number of fused-ring (bicyclic) bond motifs is 2. The highest BCUT2D eigenvalue weighted by Gasteiger charge is 2.35. The molecule has 3 amide bonds. The molecule has 3 aliphatic rings. The van der Waals surface area contributed by atoms with E-state index in [9.17, 15) is 14.4 Å². The summed E-state index contributed by atoms with van der Waals surface area (Å²) >= 11 is 0. The molecule has 1 aliphatic carbocycles. The van der Waals surface area contributed by atoms with Gasteiger partial charge in [0.1, 0.15) is 0 Å². The highest BCUT2D eigenvalue weighted by molar-refractivity contribution is 6.39. The molecule has 2 N–H and O–H groups in total. The third kappa shape index (κ3) is 4.05. The van der Waals surface area contributed by atoms with E-state index in [1.165, 1.54) is 0 Å². The number of amides is 3. The van der Waals surface area contributed by atoms with E-state index in [1.807, 2.05) is 23.1 Å². The Morgan fingerprint density at radius 2 is 1.84 bits per heavy atom. The lowest BCUT2D eigenvalue weighted by molar-refractivity contribution is -0.136. The van der Waals surface area contributed by atoms with Crippen molar-refractivity contribution in [3.05, 3.63) is 47.5 Å². The second-order valence-electron chi connectivity index (χ2n) is 8.04. The topological polar surface area (TPSA) is 97.0 Å². The van der Waals surface area contributed by atoms with Gasteiger partial charge in [0.2, 0.25) is 12.7 Å². The first-order chi connectivity index (χ1) is 15.1. The van der Waals surface area contributed by atoms with Crippen LogP contribution < -0.4 is 25.0 Å². The number of nitrogens with one attached hydrogen (secondary N) is 2. The van der Waals surface area contributed by atoms with Gasteiger partial charge in [-0.2, -0.15) is 0 Å². The SMILES string of the molecule is O=C(NCc1ccc2c(c1)OCO2)C(=O)Nc1ccc2c(c1)CCCN2C(=O)C1CC1. The Balaban J connectivity index is 1.20. The van der Waals surface area contributed by atoms with Crippen molar-refractivity contribution in [1.82, 2.24) is 5.32 Å². The Kier molecular flexibility index (Phi) is 4.97. The number of anilines is 2. The second-order valence-corrected chi connectivity index (χ2v) is 8.04. The molecule has 5 rings (SSSR count). The van der Waals surface area contributed by atoms with Gasteiger partial charge in [0, 0.05) is 30.4 Å². The van der Waals surface area contributed by atoms with Gasteiger partial charge in [-0.3, -0.25) is 14.4 Å². The van der Waals surface area contributed by atoms with Crippen LogP contribution >= 0.6 is 0 Å². The van der Waals surface area contributed by atoms with Crippen LogP contribution in [0.25, 0.3) is 0 Å². The Bertz CT molecular complexity index is 1060. The molecular weight excluding hydrogens is 398 g/mol. The van der Waals surface area contributed by atoms with Crippen LogP contribution in [0.2, 0.25) is 0 Å². The number of nitrogens with zero attached hydrogens (tertiary/aromatic N) is 1. The van der Waals surface area contributed by atoms with Crippen LogP contribution in [-0.4, -0.2) is 31.1 Å². The molecule has 160 valence electrons. The van der Waals surface area contributed by atoms with Gasteiger partial charge in [-0.25, -0.2) is 0 Å². The molecule has 2 heterocycles. The minimum Gasteiger partial charge on any atom is -0.454 e. The molecule has 0 spiro atoms. The molecule has 1 fully saturated rings. The van der Waals surface area contributed by atoms with Crippen molar-refractivity contribution in [2.45, 2.75) is 32.2 Å². The average Bonchev–Trinajstić information content (AvgIpc) is 3.53. The number of carbonyl (C=O) groups is 3. The molecule has 31 heavy (non-hydrogen) atoms. The maximum Gasteiger partial charge on any atom is 0.313 e. The fourth-order valence-corrected chi connectivity index (χ4v) is 3.96. The summed E-state index contributed by atoms with van der Waals surface area (Å²) in [5.74, 6) is 0.194. The molecule has 0 radical (unpaired) electrons. The van der Waals surface area contributed by atoms with Crippen molar-refractivity contribution < 1.29 is 23.9 Å². The highest BCUT2D eigenvalue weighted by Crippen LogP contribution is 2.36. The van der Waals surface area contributed by atoms with Gasteiger partial charge in [-0.05, 0) is 67.1 Å². The van der Waals surface area contributed by atoms with Gasteiger partial charge in [-0.15, -0.1) is 0 Å². The number of ether oxygens (including phenoxy) is 2. The molecule has 8 heteroatoms. The van der Waals surface area contributed by atoms with Gasteiger partial charge in [0.05, 0.1) is 0 Å². The molecule has 8 nitrogen and oxygen atoms in total. The van der Waals surface area contributed by atoms with Crippen LogP contribution in [0.1, 0.15) is 30.4 Å². The van der Waals surface area contributed by atoms with Crippen LogP contribution in [0.4, 0.5) is 11.4 Å². The summed E-state index contributed by atoms with van der Waals surface area (Å²) in [6, 6.07) is 10.8. The summed E-state index contributed by atoms with van der Waals surface area (Å²) in [4.78, 5) is 38.9. The number of aryl methyl sites for hydroxylation is 1. The van der Waals surface area contributed by atoms with Crippen molar-refractivity contribution in [3.63, 3.8) is 0 Å². The number of rotatable bonds is 4. The molecule has 0 aromatic heterocycles. The van der Waals surface area contributed by atoms with Gasteiger partial charge in [0.25, 0.3) is 0 Å². The number of carbonyl (C=O) groups excluding carboxylic acids is 3. The van der Waals surface area contributed by atoms with Gasteiger partial charge >= 0.3 is 11.8 Å². The fourth-order valence-electron chi connectivity index (χ4n) is 3.96. The van der Waals surface area contributed by atoms with Crippen LogP contribution in [0, 0.1) is 5.92 Å². The van der Waals surface area contributed by atoms with Crippen LogP contribution in [0.15, 0.2) is 36.4 Å². The third-order valence-corrected chi connectivity index (χ3v) is 5.74. The zero-order valence-electron chi connectivity index (χ0n) is 17.0. The minimum absolute atomic E-state index is 0.166. The molecule has 0 bridgehead atoms. The highest BCUT2D eigenvalue weighted by atomic mass is 16.7. The molecule has 2 aromatic rings. The number of benzene rings is 2. The van der Waals surface area contributed by atoms with Crippen molar-refractivity contribution in [2.24, 2.45) is 5.92 Å². The molecule has 2 aromatic carbocycles. The van der Waals surface area contributed by atoms with E-state index in [0.29, 0.717) is 17.2 Å². The molecule has 2 aliphatic heterocycles. The van der Waals surface area contributed by atoms with E-state index in [4.69, 9.17) is 9.47 Å². The van der Waals surface area contributed by atoms with Crippen molar-refractivity contribution >= 4 is 29.1 Å². The molecule has 0 saturated heterocycles. The monoisotopic (exact) mass is 421 g/mol. The van der Waals surface area contributed by atoms with E-state index in [1.54, 1.807) is 18.2 Å². The summed E-state index contributed by atoms with van der Waals surface area (Å²) < 4.78 is 10.6. The van der Waals surface area contributed by atoms with Gasteiger partial charge in [-0.1, -0.05) is 6.07 Å². The number of hydrogen-bond acceptors (Lipinski definition) is 5. The predicted octanol–water partition coefficient (Wildman–Crippen LogP) is 2.36. The first-order valence-electron chi connectivity index (χ1n) is 10.5.